The van der Waals surface area contributed by atoms with E-state index in [1.165, 1.54) is 18.4 Å². The van der Waals surface area contributed by atoms with E-state index in [0.717, 1.165) is 4.21 Å². The first-order chi connectivity index (χ1) is 6.97. The lowest BCUT2D eigenvalue weighted by Gasteiger charge is -2.20. The zero-order valence-electron chi connectivity index (χ0n) is 8.98. The second-order valence-corrected chi connectivity index (χ2v) is 6.42. The van der Waals surface area contributed by atoms with Gasteiger partial charge in [-0.15, -0.1) is 11.3 Å². The van der Waals surface area contributed by atoms with Crippen LogP contribution in [0.25, 0.3) is 0 Å². The Balaban J connectivity index is 2.70. The van der Waals surface area contributed by atoms with E-state index in [2.05, 4.69) is 4.74 Å². The molecule has 1 heterocycles. The predicted octanol–water partition coefficient (Wildman–Crippen LogP) is 2.05. The fraction of sp³-hybridized carbons (Fsp3) is 0.500. The van der Waals surface area contributed by atoms with E-state index >= 15 is 0 Å². The van der Waals surface area contributed by atoms with Gasteiger partial charge < -0.3 is 4.74 Å². The van der Waals surface area contributed by atoms with Crippen LogP contribution in [0.4, 0.5) is 0 Å². The largest absolute Gasteiger partial charge is 0.469 e. The minimum atomic E-state index is -1.13. The van der Waals surface area contributed by atoms with Crippen molar-refractivity contribution in [3.05, 3.63) is 17.5 Å². The van der Waals surface area contributed by atoms with Gasteiger partial charge in [-0.25, -0.2) is 0 Å². The Kier molecular flexibility index (Phi) is 4.04. The van der Waals surface area contributed by atoms with Crippen LogP contribution in [0.1, 0.15) is 13.8 Å². The predicted molar refractivity (Wildman–Crippen MR) is 61.4 cm³/mol. The number of methoxy groups -OCH3 is 1. The first-order valence-corrected chi connectivity index (χ1v) is 6.67. The molecule has 1 aromatic heterocycles. The second-order valence-electron chi connectivity index (χ2n) is 3.80. The van der Waals surface area contributed by atoms with Crippen LogP contribution in [0, 0.1) is 5.41 Å². The molecule has 0 amide bonds. The molecule has 0 aromatic carbocycles. The lowest BCUT2D eigenvalue weighted by molar-refractivity contribution is -0.149. The maximum absolute atomic E-state index is 11.9. The van der Waals surface area contributed by atoms with E-state index in [-0.39, 0.29) is 5.97 Å². The molecular formula is C10H14O3S2. The number of rotatable bonds is 4. The molecule has 0 aliphatic heterocycles. The lowest BCUT2D eigenvalue weighted by Crippen LogP contribution is -2.31. The van der Waals surface area contributed by atoms with Gasteiger partial charge in [0.25, 0.3) is 0 Å². The first kappa shape index (κ1) is 12.4. The summed E-state index contributed by atoms with van der Waals surface area (Å²) >= 11 is 1.44. The zero-order valence-corrected chi connectivity index (χ0v) is 10.6. The van der Waals surface area contributed by atoms with Gasteiger partial charge in [0.2, 0.25) is 0 Å². The Morgan fingerprint density at radius 1 is 1.60 bits per heavy atom. The molecular weight excluding hydrogens is 232 g/mol. The number of carbonyl (C=O) groups is 1. The lowest BCUT2D eigenvalue weighted by atomic mass is 9.97. The molecule has 0 saturated heterocycles. The molecule has 1 unspecified atom stereocenters. The van der Waals surface area contributed by atoms with Crippen molar-refractivity contribution in [1.82, 2.24) is 0 Å². The summed E-state index contributed by atoms with van der Waals surface area (Å²) < 4.78 is 17.3. The van der Waals surface area contributed by atoms with Crippen molar-refractivity contribution in [3.63, 3.8) is 0 Å². The van der Waals surface area contributed by atoms with Crippen LogP contribution in [0.5, 0.6) is 0 Å². The first-order valence-electron chi connectivity index (χ1n) is 4.47. The molecule has 0 bridgehead atoms. The molecule has 84 valence electrons. The number of ether oxygens (including phenoxy) is 1. The average molecular weight is 246 g/mol. The van der Waals surface area contributed by atoms with Crippen molar-refractivity contribution < 1.29 is 13.7 Å². The van der Waals surface area contributed by atoms with Gasteiger partial charge in [0, 0.05) is 5.75 Å². The van der Waals surface area contributed by atoms with Gasteiger partial charge in [0.1, 0.15) is 0 Å². The second kappa shape index (κ2) is 4.90. The van der Waals surface area contributed by atoms with Crippen molar-refractivity contribution in [1.29, 1.82) is 0 Å². The van der Waals surface area contributed by atoms with Gasteiger partial charge in [-0.2, -0.15) is 0 Å². The molecule has 0 spiro atoms. The normalized spacial score (nSPS) is 13.5. The van der Waals surface area contributed by atoms with Gasteiger partial charge in [-0.3, -0.25) is 9.00 Å². The van der Waals surface area contributed by atoms with Gasteiger partial charge in [-0.05, 0) is 25.3 Å². The van der Waals surface area contributed by atoms with E-state index < -0.39 is 16.2 Å². The highest BCUT2D eigenvalue weighted by molar-refractivity contribution is 7.87. The quantitative estimate of drug-likeness (QED) is 0.764. The van der Waals surface area contributed by atoms with Crippen LogP contribution >= 0.6 is 11.3 Å². The third-order valence-electron chi connectivity index (χ3n) is 1.95. The minimum absolute atomic E-state index is 0.292. The van der Waals surface area contributed by atoms with Gasteiger partial charge in [0.15, 0.2) is 0 Å². The van der Waals surface area contributed by atoms with E-state index in [4.69, 9.17) is 0 Å². The summed E-state index contributed by atoms with van der Waals surface area (Å²) in [5.74, 6) is -0.0346. The zero-order chi connectivity index (χ0) is 11.5. The molecule has 0 fully saturated rings. The highest BCUT2D eigenvalue weighted by atomic mass is 32.2. The summed E-state index contributed by atoms with van der Waals surface area (Å²) in [5.41, 5.74) is -0.705. The van der Waals surface area contributed by atoms with Crippen molar-refractivity contribution in [2.45, 2.75) is 18.1 Å². The van der Waals surface area contributed by atoms with Gasteiger partial charge in [-0.1, -0.05) is 6.07 Å². The summed E-state index contributed by atoms with van der Waals surface area (Å²) in [7, 11) is 0.219. The Bertz CT molecular complexity index is 355. The highest BCUT2D eigenvalue weighted by Crippen LogP contribution is 2.23. The monoisotopic (exact) mass is 246 g/mol. The van der Waals surface area contributed by atoms with Gasteiger partial charge >= 0.3 is 5.97 Å². The summed E-state index contributed by atoms with van der Waals surface area (Å²) in [6.45, 7) is 3.48. The number of carbonyl (C=O) groups excluding carboxylic acids is 1. The molecule has 5 heteroatoms. The Morgan fingerprint density at radius 3 is 2.73 bits per heavy atom. The van der Waals surface area contributed by atoms with E-state index in [0.29, 0.717) is 5.75 Å². The maximum Gasteiger partial charge on any atom is 0.312 e. The van der Waals surface area contributed by atoms with Crippen LogP contribution in [0.3, 0.4) is 0 Å². The minimum Gasteiger partial charge on any atom is -0.469 e. The summed E-state index contributed by atoms with van der Waals surface area (Å²) in [6.07, 6.45) is 0. The Labute approximate surface area is 95.9 Å². The molecule has 0 saturated carbocycles. The third kappa shape index (κ3) is 3.14. The van der Waals surface area contributed by atoms with Crippen LogP contribution in [-0.2, 0) is 20.3 Å². The summed E-state index contributed by atoms with van der Waals surface area (Å²) in [4.78, 5) is 11.4. The van der Waals surface area contributed by atoms with Gasteiger partial charge in [0.05, 0.1) is 27.5 Å². The maximum atomic E-state index is 11.9. The molecule has 3 nitrogen and oxygen atoms in total. The Morgan fingerprint density at radius 2 is 2.27 bits per heavy atom. The standard InChI is InChI=1S/C10H14O3S2/c1-10(2,9(11)13-3)7-15(12)8-5-4-6-14-8/h4-6H,7H2,1-3H3. The number of hydrogen-bond donors (Lipinski definition) is 0. The van der Waals surface area contributed by atoms with E-state index in [9.17, 15) is 9.00 Å². The summed E-state index contributed by atoms with van der Waals surface area (Å²) in [5, 5.41) is 1.87. The van der Waals surface area contributed by atoms with Crippen molar-refractivity contribution >= 4 is 28.1 Å². The average Bonchev–Trinajstić information content (AvgIpc) is 2.68. The molecule has 15 heavy (non-hydrogen) atoms. The summed E-state index contributed by atoms with van der Waals surface area (Å²) in [6, 6.07) is 3.66. The molecule has 1 rings (SSSR count). The number of thiophene rings is 1. The molecule has 0 radical (unpaired) electrons. The van der Waals surface area contributed by atoms with Crippen molar-refractivity contribution in [2.75, 3.05) is 12.9 Å². The fourth-order valence-corrected chi connectivity index (χ4v) is 3.49. The van der Waals surface area contributed by atoms with Crippen molar-refractivity contribution in [2.24, 2.45) is 5.41 Å². The smallest absolute Gasteiger partial charge is 0.312 e. The van der Waals surface area contributed by atoms with Crippen LogP contribution in [0.2, 0.25) is 0 Å². The number of hydrogen-bond acceptors (Lipinski definition) is 4. The topological polar surface area (TPSA) is 43.4 Å². The van der Waals surface area contributed by atoms with Crippen LogP contribution in [0.15, 0.2) is 21.7 Å². The molecule has 0 aliphatic carbocycles. The molecule has 0 aliphatic rings. The molecule has 1 aromatic rings. The van der Waals surface area contributed by atoms with Crippen molar-refractivity contribution in [3.8, 4) is 0 Å². The number of esters is 1. The molecule has 0 N–H and O–H groups in total. The molecule has 1 atom stereocenters. The van der Waals surface area contributed by atoms with Crippen LogP contribution in [-0.4, -0.2) is 23.0 Å². The fourth-order valence-electron chi connectivity index (χ4n) is 1.13. The van der Waals surface area contributed by atoms with E-state index in [1.54, 1.807) is 13.8 Å². The Hall–Kier alpha value is -0.680. The third-order valence-corrected chi connectivity index (χ3v) is 5.03. The highest BCUT2D eigenvalue weighted by Gasteiger charge is 2.31. The van der Waals surface area contributed by atoms with E-state index in [1.807, 2.05) is 17.5 Å². The van der Waals surface area contributed by atoms with Crippen LogP contribution < -0.4 is 0 Å². The SMILES string of the molecule is COC(=O)C(C)(C)CS(=O)c1cccs1.